The molecule has 0 saturated carbocycles. The first kappa shape index (κ1) is 15.8. The van der Waals surface area contributed by atoms with Gasteiger partial charge in [0.25, 0.3) is 0 Å². The van der Waals surface area contributed by atoms with Gasteiger partial charge in [-0.1, -0.05) is 30.7 Å². The molecule has 0 radical (unpaired) electrons. The second-order valence-electron chi connectivity index (χ2n) is 5.51. The fourth-order valence-corrected chi connectivity index (χ4v) is 3.80. The highest BCUT2D eigenvalue weighted by atomic mass is 32.2. The van der Waals surface area contributed by atoms with Crippen LogP contribution in [-0.4, -0.2) is 15.2 Å². The van der Waals surface area contributed by atoms with E-state index in [-0.39, 0.29) is 17.7 Å². The molecular weight excluding hydrogens is 314 g/mol. The minimum Gasteiger partial charge on any atom is -0.454 e. The van der Waals surface area contributed by atoms with Gasteiger partial charge in [0.1, 0.15) is 0 Å². The summed E-state index contributed by atoms with van der Waals surface area (Å²) >= 11 is 0. The lowest BCUT2D eigenvalue weighted by atomic mass is 10.1. The molecule has 0 amide bonds. The average molecular weight is 333 g/mol. The van der Waals surface area contributed by atoms with Crippen LogP contribution in [0.15, 0.2) is 47.4 Å². The lowest BCUT2D eigenvalue weighted by molar-refractivity contribution is 0.174. The molecule has 1 N–H and O–H groups in total. The molecule has 2 aromatic rings. The van der Waals surface area contributed by atoms with E-state index in [1.807, 2.05) is 26.0 Å². The standard InChI is InChI=1S/C17H19NO4S/c1-3-15(13-6-9-16-17(10-13)22-11-21-16)18-23(19,20)14-7-4-12(2)5-8-14/h4-10,15,18H,3,11H2,1-2H3. The zero-order valence-electron chi connectivity index (χ0n) is 13.1. The molecule has 1 aliphatic rings. The molecule has 6 heteroatoms. The first-order valence-electron chi connectivity index (χ1n) is 7.48. The van der Waals surface area contributed by atoms with Crippen LogP contribution < -0.4 is 14.2 Å². The second-order valence-corrected chi connectivity index (χ2v) is 7.22. The number of hydrogen-bond acceptors (Lipinski definition) is 4. The largest absolute Gasteiger partial charge is 0.454 e. The van der Waals surface area contributed by atoms with Crippen molar-refractivity contribution in [3.05, 3.63) is 53.6 Å². The van der Waals surface area contributed by atoms with Gasteiger partial charge in [0.05, 0.1) is 4.90 Å². The van der Waals surface area contributed by atoms with E-state index in [4.69, 9.17) is 9.47 Å². The van der Waals surface area contributed by atoms with E-state index in [2.05, 4.69) is 4.72 Å². The summed E-state index contributed by atoms with van der Waals surface area (Å²) in [6.07, 6.45) is 0.630. The summed E-state index contributed by atoms with van der Waals surface area (Å²) in [5, 5.41) is 0. The van der Waals surface area contributed by atoms with Gasteiger partial charge in [-0.2, -0.15) is 0 Å². The average Bonchev–Trinajstić information content (AvgIpc) is 3.00. The van der Waals surface area contributed by atoms with Crippen LogP contribution in [0.2, 0.25) is 0 Å². The van der Waals surface area contributed by atoms with E-state index >= 15 is 0 Å². The maximum Gasteiger partial charge on any atom is 0.241 e. The second kappa shape index (κ2) is 6.22. The van der Waals surface area contributed by atoms with Crippen LogP contribution in [0.5, 0.6) is 11.5 Å². The molecule has 2 aromatic carbocycles. The Labute approximate surface area is 136 Å². The summed E-state index contributed by atoms with van der Waals surface area (Å²) in [5.74, 6) is 1.33. The molecule has 5 nitrogen and oxygen atoms in total. The highest BCUT2D eigenvalue weighted by Gasteiger charge is 2.22. The van der Waals surface area contributed by atoms with E-state index in [0.29, 0.717) is 17.9 Å². The van der Waals surface area contributed by atoms with Crippen molar-refractivity contribution >= 4 is 10.0 Å². The Hall–Kier alpha value is -2.05. The quantitative estimate of drug-likeness (QED) is 0.913. The molecule has 122 valence electrons. The number of rotatable bonds is 5. The topological polar surface area (TPSA) is 64.6 Å². The van der Waals surface area contributed by atoms with E-state index in [1.165, 1.54) is 0 Å². The van der Waals surface area contributed by atoms with Crippen molar-refractivity contribution in [3.63, 3.8) is 0 Å². The van der Waals surface area contributed by atoms with Gasteiger partial charge in [0, 0.05) is 6.04 Å². The number of nitrogens with one attached hydrogen (secondary N) is 1. The van der Waals surface area contributed by atoms with Gasteiger partial charge in [-0.3, -0.25) is 0 Å². The smallest absolute Gasteiger partial charge is 0.241 e. The minimum atomic E-state index is -3.57. The third-order valence-corrected chi connectivity index (χ3v) is 5.32. The van der Waals surface area contributed by atoms with E-state index < -0.39 is 10.0 Å². The maximum atomic E-state index is 12.6. The van der Waals surface area contributed by atoms with Gasteiger partial charge in [0.2, 0.25) is 16.8 Å². The van der Waals surface area contributed by atoms with Crippen molar-refractivity contribution in [1.82, 2.24) is 4.72 Å². The first-order chi connectivity index (χ1) is 11.0. The van der Waals surface area contributed by atoms with Crippen molar-refractivity contribution in [3.8, 4) is 11.5 Å². The van der Waals surface area contributed by atoms with Crippen LogP contribution in [-0.2, 0) is 10.0 Å². The maximum absolute atomic E-state index is 12.6. The highest BCUT2D eigenvalue weighted by molar-refractivity contribution is 7.89. The van der Waals surface area contributed by atoms with Crippen molar-refractivity contribution in [2.24, 2.45) is 0 Å². The minimum absolute atomic E-state index is 0.199. The number of fused-ring (bicyclic) bond motifs is 1. The number of hydrogen-bond donors (Lipinski definition) is 1. The van der Waals surface area contributed by atoms with Gasteiger partial charge in [-0.05, 0) is 43.2 Å². The predicted octanol–water partition coefficient (Wildman–Crippen LogP) is 3.15. The van der Waals surface area contributed by atoms with Crippen LogP contribution in [0.4, 0.5) is 0 Å². The molecule has 3 rings (SSSR count). The zero-order chi connectivity index (χ0) is 16.4. The Morgan fingerprint density at radius 2 is 1.78 bits per heavy atom. The van der Waals surface area contributed by atoms with Gasteiger partial charge < -0.3 is 9.47 Å². The summed E-state index contributed by atoms with van der Waals surface area (Å²) in [7, 11) is -3.57. The number of benzene rings is 2. The third-order valence-electron chi connectivity index (χ3n) is 3.84. The molecular formula is C17H19NO4S. The highest BCUT2D eigenvalue weighted by Crippen LogP contribution is 2.35. The number of ether oxygens (including phenoxy) is 2. The van der Waals surface area contributed by atoms with Crippen LogP contribution in [0.25, 0.3) is 0 Å². The molecule has 1 unspecified atom stereocenters. The van der Waals surface area contributed by atoms with Crippen LogP contribution in [0, 0.1) is 6.92 Å². The van der Waals surface area contributed by atoms with Gasteiger partial charge in [-0.25, -0.2) is 13.1 Å². The van der Waals surface area contributed by atoms with Gasteiger partial charge in [0.15, 0.2) is 11.5 Å². The van der Waals surface area contributed by atoms with Crippen molar-refractivity contribution in [1.29, 1.82) is 0 Å². The first-order valence-corrected chi connectivity index (χ1v) is 8.96. The zero-order valence-corrected chi connectivity index (χ0v) is 13.9. The van der Waals surface area contributed by atoms with E-state index in [0.717, 1.165) is 11.1 Å². The summed E-state index contributed by atoms with van der Waals surface area (Å²) < 4.78 is 38.5. The lowest BCUT2D eigenvalue weighted by Crippen LogP contribution is -2.28. The predicted molar refractivity (Wildman–Crippen MR) is 87.1 cm³/mol. The molecule has 1 aliphatic heterocycles. The molecule has 23 heavy (non-hydrogen) atoms. The Kier molecular flexibility index (Phi) is 4.28. The fraction of sp³-hybridized carbons (Fsp3) is 0.294. The van der Waals surface area contributed by atoms with Crippen LogP contribution in [0.3, 0.4) is 0 Å². The molecule has 0 aliphatic carbocycles. The van der Waals surface area contributed by atoms with Gasteiger partial charge >= 0.3 is 0 Å². The fourth-order valence-electron chi connectivity index (χ4n) is 2.49. The van der Waals surface area contributed by atoms with Crippen molar-refractivity contribution in [2.75, 3.05) is 6.79 Å². The van der Waals surface area contributed by atoms with Crippen molar-refractivity contribution in [2.45, 2.75) is 31.2 Å². The molecule has 1 atom stereocenters. The molecule has 0 bridgehead atoms. The molecule has 0 aromatic heterocycles. The Bertz CT molecular complexity index is 800. The summed E-state index contributed by atoms with van der Waals surface area (Å²) in [4.78, 5) is 0.266. The molecule has 0 fully saturated rings. The monoisotopic (exact) mass is 333 g/mol. The van der Waals surface area contributed by atoms with Crippen LogP contribution >= 0.6 is 0 Å². The van der Waals surface area contributed by atoms with Crippen molar-refractivity contribution < 1.29 is 17.9 Å². The van der Waals surface area contributed by atoms with E-state index in [1.54, 1.807) is 30.3 Å². The molecule has 0 spiro atoms. The SMILES string of the molecule is CCC(NS(=O)(=O)c1ccc(C)cc1)c1ccc2c(c1)OCO2. The lowest BCUT2D eigenvalue weighted by Gasteiger charge is -2.18. The Morgan fingerprint density at radius 1 is 1.09 bits per heavy atom. The van der Waals surface area contributed by atoms with E-state index in [9.17, 15) is 8.42 Å². The van der Waals surface area contributed by atoms with Gasteiger partial charge in [-0.15, -0.1) is 0 Å². The Morgan fingerprint density at radius 3 is 2.48 bits per heavy atom. The summed E-state index contributed by atoms with van der Waals surface area (Å²) in [6.45, 7) is 4.06. The summed E-state index contributed by atoms with van der Waals surface area (Å²) in [6, 6.07) is 12.0. The molecule has 0 saturated heterocycles. The summed E-state index contributed by atoms with van der Waals surface area (Å²) in [5.41, 5.74) is 1.87. The van der Waals surface area contributed by atoms with Crippen LogP contribution in [0.1, 0.15) is 30.5 Å². The third kappa shape index (κ3) is 3.33. The molecule has 1 heterocycles. The Balaban J connectivity index is 1.85. The normalized spacial score (nSPS) is 14.7. The number of aryl methyl sites for hydroxylation is 1. The number of sulfonamides is 1.